The third-order valence-corrected chi connectivity index (χ3v) is 7.21. The molecule has 3 atom stereocenters. The SMILES string of the molecule is Cc1ccc(F)cc1NC(=O)CCCC[C@@H]1[C@H]2NC(=O)N[C@@H]2CS1(=O)=O. The van der Waals surface area contributed by atoms with E-state index in [1.54, 1.807) is 13.0 Å². The molecule has 3 rings (SSSR count). The van der Waals surface area contributed by atoms with E-state index in [9.17, 15) is 22.4 Å². The van der Waals surface area contributed by atoms with Crippen LogP contribution in [0.5, 0.6) is 0 Å². The second-order valence-corrected chi connectivity index (χ2v) is 9.14. The molecule has 1 aromatic rings. The molecule has 3 amide bonds. The van der Waals surface area contributed by atoms with Gasteiger partial charge in [0.2, 0.25) is 5.91 Å². The van der Waals surface area contributed by atoms with Crippen molar-refractivity contribution in [1.82, 2.24) is 10.6 Å². The molecule has 9 heteroatoms. The number of carbonyl (C=O) groups excluding carboxylic acids is 2. The lowest BCUT2D eigenvalue weighted by molar-refractivity contribution is -0.116. The Bertz CT molecular complexity index is 827. The van der Waals surface area contributed by atoms with Crippen LogP contribution in [0.4, 0.5) is 14.9 Å². The summed E-state index contributed by atoms with van der Waals surface area (Å²) in [7, 11) is -3.25. The van der Waals surface area contributed by atoms with Crippen LogP contribution in [0.1, 0.15) is 31.2 Å². The Morgan fingerprint density at radius 1 is 1.31 bits per heavy atom. The Hall–Kier alpha value is -2.16. The van der Waals surface area contributed by atoms with Crippen molar-refractivity contribution >= 4 is 27.5 Å². The molecule has 0 spiro atoms. The Kier molecular flexibility index (Phi) is 5.17. The van der Waals surface area contributed by atoms with Gasteiger partial charge in [0.05, 0.1) is 23.1 Å². The summed E-state index contributed by atoms with van der Waals surface area (Å²) in [4.78, 5) is 23.4. The monoisotopic (exact) mass is 383 g/mol. The maximum absolute atomic E-state index is 13.2. The number of urea groups is 1. The molecule has 0 aliphatic carbocycles. The maximum Gasteiger partial charge on any atom is 0.315 e. The number of fused-ring (bicyclic) bond motifs is 1. The minimum atomic E-state index is -3.25. The predicted molar refractivity (Wildman–Crippen MR) is 95.1 cm³/mol. The zero-order valence-electron chi connectivity index (χ0n) is 14.4. The van der Waals surface area contributed by atoms with Crippen molar-refractivity contribution in [1.29, 1.82) is 0 Å². The van der Waals surface area contributed by atoms with Crippen LogP contribution in [-0.4, -0.2) is 43.4 Å². The van der Waals surface area contributed by atoms with Crippen molar-refractivity contribution in [2.24, 2.45) is 0 Å². The van der Waals surface area contributed by atoms with Gasteiger partial charge < -0.3 is 16.0 Å². The van der Waals surface area contributed by atoms with Crippen LogP contribution in [0.2, 0.25) is 0 Å². The lowest BCUT2D eigenvalue weighted by Gasteiger charge is -2.16. The summed E-state index contributed by atoms with van der Waals surface area (Å²) in [6.45, 7) is 1.78. The average molecular weight is 383 g/mol. The Morgan fingerprint density at radius 2 is 2.08 bits per heavy atom. The first kappa shape index (κ1) is 18.6. The Balaban J connectivity index is 1.47. The van der Waals surface area contributed by atoms with Gasteiger partial charge in [0.1, 0.15) is 5.82 Å². The highest BCUT2D eigenvalue weighted by atomic mass is 32.2. The van der Waals surface area contributed by atoms with Crippen LogP contribution in [0, 0.1) is 12.7 Å². The number of anilines is 1. The third kappa shape index (κ3) is 3.98. The number of carbonyl (C=O) groups is 2. The number of benzene rings is 1. The minimum Gasteiger partial charge on any atom is -0.332 e. The normalized spacial score (nSPS) is 26.1. The van der Waals surface area contributed by atoms with Crippen molar-refractivity contribution in [2.45, 2.75) is 49.9 Å². The largest absolute Gasteiger partial charge is 0.332 e. The number of hydrogen-bond acceptors (Lipinski definition) is 4. The topological polar surface area (TPSA) is 104 Å². The second kappa shape index (κ2) is 7.22. The maximum atomic E-state index is 13.2. The van der Waals surface area contributed by atoms with Crippen molar-refractivity contribution in [2.75, 3.05) is 11.1 Å². The van der Waals surface area contributed by atoms with Crippen molar-refractivity contribution in [3.05, 3.63) is 29.6 Å². The van der Waals surface area contributed by atoms with E-state index >= 15 is 0 Å². The molecular formula is C17H22FN3O4S. The molecule has 0 radical (unpaired) electrons. The fourth-order valence-electron chi connectivity index (χ4n) is 3.58. The molecule has 7 nitrogen and oxygen atoms in total. The summed E-state index contributed by atoms with van der Waals surface area (Å²) in [5, 5.41) is 7.36. The third-order valence-electron chi connectivity index (χ3n) is 4.94. The predicted octanol–water partition coefficient (Wildman–Crippen LogP) is 1.48. The summed E-state index contributed by atoms with van der Waals surface area (Å²) in [5.74, 6) is -0.693. The number of nitrogens with one attached hydrogen (secondary N) is 3. The van der Waals surface area contributed by atoms with Gasteiger partial charge in [-0.1, -0.05) is 12.5 Å². The molecule has 3 N–H and O–H groups in total. The lowest BCUT2D eigenvalue weighted by Crippen LogP contribution is -2.39. The molecule has 0 saturated carbocycles. The number of unbranched alkanes of at least 4 members (excludes halogenated alkanes) is 1. The van der Waals surface area contributed by atoms with E-state index in [2.05, 4.69) is 16.0 Å². The molecule has 142 valence electrons. The van der Waals surface area contributed by atoms with Gasteiger partial charge in [-0.25, -0.2) is 17.6 Å². The molecule has 1 aromatic carbocycles. The Labute approximate surface area is 151 Å². The molecule has 2 heterocycles. The summed E-state index contributed by atoms with van der Waals surface area (Å²) in [5.41, 5.74) is 1.21. The van der Waals surface area contributed by atoms with Gasteiger partial charge >= 0.3 is 6.03 Å². The van der Waals surface area contributed by atoms with Gasteiger partial charge in [0.15, 0.2) is 9.84 Å². The van der Waals surface area contributed by atoms with Crippen LogP contribution >= 0.6 is 0 Å². The van der Waals surface area contributed by atoms with Crippen molar-refractivity contribution in [3.63, 3.8) is 0 Å². The number of aryl methyl sites for hydroxylation is 1. The number of amides is 3. The first-order valence-corrected chi connectivity index (χ1v) is 10.3. The van der Waals surface area contributed by atoms with Gasteiger partial charge in [-0.05, 0) is 37.5 Å². The molecule has 2 saturated heterocycles. The summed E-state index contributed by atoms with van der Waals surface area (Å²) in [6, 6.07) is 3.11. The number of halogens is 1. The summed E-state index contributed by atoms with van der Waals surface area (Å²) in [6.07, 6.45) is 1.70. The first-order chi connectivity index (χ1) is 12.3. The fourth-order valence-corrected chi connectivity index (χ4v) is 5.85. The van der Waals surface area contributed by atoms with E-state index in [-0.39, 0.29) is 30.2 Å². The van der Waals surface area contributed by atoms with E-state index in [1.807, 2.05) is 0 Å². The van der Waals surface area contributed by atoms with Crippen molar-refractivity contribution in [3.8, 4) is 0 Å². The molecule has 0 bridgehead atoms. The van der Waals surface area contributed by atoms with Gasteiger partial charge in [0.25, 0.3) is 0 Å². The molecule has 0 unspecified atom stereocenters. The standard InChI is InChI=1S/C17H22FN3O4S/c1-10-6-7-11(18)8-12(10)19-15(22)5-3-2-4-14-16-13(9-26(14,24)25)20-17(23)21-16/h6-8,13-14,16H,2-5,9H2,1H3,(H,19,22)(H2,20,21,23)/t13-,14-,16+/m1/s1. The molecule has 26 heavy (non-hydrogen) atoms. The van der Waals surface area contributed by atoms with Crippen LogP contribution in [0.3, 0.4) is 0 Å². The highest BCUT2D eigenvalue weighted by Gasteiger charge is 2.51. The summed E-state index contributed by atoms with van der Waals surface area (Å²) < 4.78 is 37.7. The van der Waals surface area contributed by atoms with Gasteiger partial charge in [-0.2, -0.15) is 0 Å². The number of sulfone groups is 1. The van der Waals surface area contributed by atoms with E-state index < -0.39 is 26.9 Å². The second-order valence-electron chi connectivity index (χ2n) is 6.87. The lowest BCUT2D eigenvalue weighted by atomic mass is 10.0. The van der Waals surface area contributed by atoms with E-state index in [0.29, 0.717) is 24.9 Å². The molecule has 2 aliphatic rings. The molecular weight excluding hydrogens is 361 g/mol. The van der Waals surface area contributed by atoms with Crippen LogP contribution < -0.4 is 16.0 Å². The van der Waals surface area contributed by atoms with Crippen LogP contribution in [0.25, 0.3) is 0 Å². The number of hydrogen-bond donors (Lipinski definition) is 3. The highest BCUT2D eigenvalue weighted by molar-refractivity contribution is 7.92. The molecule has 2 aliphatic heterocycles. The van der Waals surface area contributed by atoms with Gasteiger partial charge in [-0.15, -0.1) is 0 Å². The van der Waals surface area contributed by atoms with Gasteiger partial charge in [-0.3, -0.25) is 4.79 Å². The Morgan fingerprint density at radius 3 is 2.85 bits per heavy atom. The van der Waals surface area contributed by atoms with E-state index in [4.69, 9.17) is 0 Å². The zero-order valence-corrected chi connectivity index (χ0v) is 15.2. The average Bonchev–Trinajstić information content (AvgIpc) is 2.99. The minimum absolute atomic E-state index is 0.0413. The van der Waals surface area contributed by atoms with Crippen LogP contribution in [-0.2, 0) is 14.6 Å². The van der Waals surface area contributed by atoms with Crippen LogP contribution in [0.15, 0.2) is 18.2 Å². The van der Waals surface area contributed by atoms with Crippen molar-refractivity contribution < 1.29 is 22.4 Å². The van der Waals surface area contributed by atoms with E-state index in [0.717, 1.165) is 5.56 Å². The summed E-state index contributed by atoms with van der Waals surface area (Å²) >= 11 is 0. The molecule has 2 fully saturated rings. The quantitative estimate of drug-likeness (QED) is 0.511. The molecule has 0 aromatic heterocycles. The smallest absolute Gasteiger partial charge is 0.315 e. The highest BCUT2D eigenvalue weighted by Crippen LogP contribution is 2.28. The van der Waals surface area contributed by atoms with Gasteiger partial charge in [0, 0.05) is 12.1 Å². The number of rotatable bonds is 6. The fraction of sp³-hybridized carbons (Fsp3) is 0.529. The zero-order chi connectivity index (χ0) is 18.9. The first-order valence-electron chi connectivity index (χ1n) is 8.61. The van der Waals surface area contributed by atoms with E-state index in [1.165, 1.54) is 12.1 Å².